The number of nitrogens with two attached hydrogens (primary N) is 1. The fraction of sp³-hybridized carbons (Fsp3) is 0.143. The second-order valence-electron chi connectivity index (χ2n) is 17.0. The molecule has 4 heterocycles. The molecule has 6 aromatic carbocycles. The van der Waals surface area contributed by atoms with Crippen LogP contribution in [0.5, 0.6) is 11.5 Å². The average Bonchev–Trinajstić information content (AvgIpc) is 4.01. The molecule has 0 fully saturated rings. The summed E-state index contributed by atoms with van der Waals surface area (Å²) in [6.07, 6.45) is -4.60. The normalized spacial score (nSPS) is 12.3. The molecular weight excluding hydrogens is 983 g/mol. The molecule has 4 aromatic heterocycles. The van der Waals surface area contributed by atoms with Crippen molar-refractivity contribution in [2.45, 2.75) is 37.7 Å². The van der Waals surface area contributed by atoms with Crippen molar-refractivity contribution in [1.29, 1.82) is 0 Å². The van der Waals surface area contributed by atoms with Crippen LogP contribution in [0.4, 0.5) is 26.3 Å². The summed E-state index contributed by atoms with van der Waals surface area (Å²) in [6, 6.07) is 42.4. The van der Waals surface area contributed by atoms with Gasteiger partial charge >= 0.3 is 18.7 Å². The van der Waals surface area contributed by atoms with E-state index in [4.69, 9.17) is 10.8 Å². The highest BCUT2D eigenvalue weighted by Gasteiger charge is 2.32. The standard InChI is InChI=1S/C28H22F3N3O3.C17H10F3NO3.C11H14N2O/c29-28(30,31)37-20-11-9-17(10-12-20)26-14-23(22-6-2-4-8-25(22)34-26)27(36)33-19(16-35)13-18-15-32-24-7-3-1-5-21(18)24;18-17(19,20)24-11-7-5-10(6-8-11)15-9-13(16(22)23)12-3-1-2-4-14(12)21-15;12-9(7-14)5-8-6-13-11-4-2-1-3-10(8)11/h1-12,14-15,19,32,35H,13,16H2,(H,33,36);1-9H,(H,22,23);1-4,6,9,13-14H,5,7,12H2/t19-;;9-/m1.1/s1. The number of carbonyl (C=O) groups excluding carboxylic acids is 1. The van der Waals surface area contributed by atoms with Gasteiger partial charge < -0.3 is 45.8 Å². The van der Waals surface area contributed by atoms with E-state index in [1.54, 1.807) is 54.6 Å². The van der Waals surface area contributed by atoms with Crippen LogP contribution >= 0.6 is 0 Å². The number of aliphatic hydroxyl groups excluding tert-OH is 2. The number of halogens is 6. The van der Waals surface area contributed by atoms with Crippen molar-refractivity contribution in [1.82, 2.24) is 25.3 Å². The van der Waals surface area contributed by atoms with Crippen molar-refractivity contribution in [3.63, 3.8) is 0 Å². The van der Waals surface area contributed by atoms with E-state index < -0.39 is 30.6 Å². The number of carboxylic acids is 1. The molecule has 13 nitrogen and oxygen atoms in total. The van der Waals surface area contributed by atoms with Gasteiger partial charge in [-0.2, -0.15) is 0 Å². The molecule has 8 N–H and O–H groups in total. The van der Waals surface area contributed by atoms with Gasteiger partial charge in [-0.05, 0) is 109 Å². The van der Waals surface area contributed by atoms with Gasteiger partial charge in [0.2, 0.25) is 0 Å². The Kier molecular flexibility index (Phi) is 16.1. The van der Waals surface area contributed by atoms with Gasteiger partial charge in [0.05, 0.1) is 52.8 Å². The van der Waals surface area contributed by atoms with Gasteiger partial charge in [0.1, 0.15) is 11.5 Å². The molecule has 1 amide bonds. The lowest BCUT2D eigenvalue weighted by atomic mass is 10.0. The van der Waals surface area contributed by atoms with Crippen LogP contribution in [-0.4, -0.2) is 85.2 Å². The van der Waals surface area contributed by atoms with E-state index in [9.17, 15) is 46.1 Å². The molecule has 0 saturated carbocycles. The molecular formula is C56H46F6N6O7. The lowest BCUT2D eigenvalue weighted by Gasteiger charge is -2.17. The van der Waals surface area contributed by atoms with Crippen molar-refractivity contribution < 1.29 is 60.7 Å². The van der Waals surface area contributed by atoms with Crippen molar-refractivity contribution in [3.05, 3.63) is 192 Å². The third-order valence-electron chi connectivity index (χ3n) is 11.8. The van der Waals surface area contributed by atoms with Gasteiger partial charge in [0.15, 0.2) is 0 Å². The quantitative estimate of drug-likeness (QED) is 0.0544. The van der Waals surface area contributed by atoms with Gasteiger partial charge in [-0.1, -0.05) is 72.8 Å². The zero-order valence-corrected chi connectivity index (χ0v) is 39.4. The number of para-hydroxylation sites is 4. The predicted octanol–water partition coefficient (Wildman–Crippen LogP) is 11.1. The molecule has 0 aliphatic carbocycles. The Labute approximate surface area is 423 Å². The molecule has 0 radical (unpaired) electrons. The zero-order valence-electron chi connectivity index (χ0n) is 39.4. The average molecular weight is 1030 g/mol. The molecule has 384 valence electrons. The Hall–Kier alpha value is -8.78. The molecule has 0 saturated heterocycles. The summed E-state index contributed by atoms with van der Waals surface area (Å²) < 4.78 is 81.8. The first-order valence-corrected chi connectivity index (χ1v) is 23.1. The zero-order chi connectivity index (χ0) is 53.3. The molecule has 0 unspecified atom stereocenters. The van der Waals surface area contributed by atoms with Crippen molar-refractivity contribution in [2.24, 2.45) is 5.73 Å². The largest absolute Gasteiger partial charge is 0.573 e. The summed E-state index contributed by atoms with van der Waals surface area (Å²) in [5.41, 5.74) is 13.1. The third-order valence-corrected chi connectivity index (χ3v) is 11.8. The number of nitrogens with one attached hydrogen (secondary N) is 3. The van der Waals surface area contributed by atoms with E-state index in [1.165, 1.54) is 53.4 Å². The van der Waals surface area contributed by atoms with Crippen LogP contribution in [0, 0.1) is 0 Å². The highest BCUT2D eigenvalue weighted by Crippen LogP contribution is 2.31. The number of hydrogen-bond acceptors (Lipinski definition) is 9. The first kappa shape index (κ1) is 52.5. The van der Waals surface area contributed by atoms with Gasteiger partial charge in [-0.3, -0.25) is 4.79 Å². The number of benzene rings is 6. The number of aromatic carboxylic acids is 1. The third kappa shape index (κ3) is 13.4. The highest BCUT2D eigenvalue weighted by molar-refractivity contribution is 6.07. The monoisotopic (exact) mass is 1030 g/mol. The van der Waals surface area contributed by atoms with E-state index in [0.717, 1.165) is 34.1 Å². The van der Waals surface area contributed by atoms with Crippen LogP contribution in [0.2, 0.25) is 0 Å². The molecule has 0 aliphatic rings. The number of amides is 1. The summed E-state index contributed by atoms with van der Waals surface area (Å²) in [5, 5.41) is 34.5. The molecule has 0 bridgehead atoms. The Morgan fingerprint density at radius 3 is 1.41 bits per heavy atom. The van der Waals surface area contributed by atoms with E-state index in [0.29, 0.717) is 62.7 Å². The first-order chi connectivity index (χ1) is 35.9. The number of fused-ring (bicyclic) bond motifs is 4. The lowest BCUT2D eigenvalue weighted by molar-refractivity contribution is -0.275. The number of ether oxygens (including phenoxy) is 2. The number of aromatic amines is 2. The predicted molar refractivity (Wildman–Crippen MR) is 272 cm³/mol. The maximum absolute atomic E-state index is 13.4. The summed E-state index contributed by atoms with van der Waals surface area (Å²) in [5.74, 6) is -2.20. The minimum atomic E-state index is -4.79. The van der Waals surface area contributed by atoms with E-state index >= 15 is 0 Å². The molecule has 2 atom stereocenters. The first-order valence-electron chi connectivity index (χ1n) is 23.1. The summed E-state index contributed by atoms with van der Waals surface area (Å²) in [6.45, 7) is -0.235. The van der Waals surface area contributed by atoms with Gasteiger partial charge in [-0.25, -0.2) is 14.8 Å². The number of aliphatic hydroxyl groups is 2. The van der Waals surface area contributed by atoms with Crippen LogP contribution in [0.25, 0.3) is 66.1 Å². The Bertz CT molecular complexity index is 3580. The number of pyridine rings is 2. The van der Waals surface area contributed by atoms with Crippen molar-refractivity contribution in [2.75, 3.05) is 13.2 Å². The van der Waals surface area contributed by atoms with Crippen LogP contribution in [0.15, 0.2) is 170 Å². The number of hydrogen-bond donors (Lipinski definition) is 7. The number of nitrogens with zero attached hydrogens (tertiary/aromatic N) is 2. The molecule has 19 heteroatoms. The summed E-state index contributed by atoms with van der Waals surface area (Å²) >= 11 is 0. The van der Waals surface area contributed by atoms with E-state index in [1.807, 2.05) is 54.9 Å². The van der Waals surface area contributed by atoms with Crippen LogP contribution in [0.1, 0.15) is 31.8 Å². The van der Waals surface area contributed by atoms with E-state index in [-0.39, 0.29) is 36.3 Å². The lowest BCUT2D eigenvalue weighted by Crippen LogP contribution is -2.39. The second-order valence-corrected chi connectivity index (χ2v) is 17.0. The smallest absolute Gasteiger partial charge is 0.478 e. The number of H-pyrrole nitrogens is 2. The molecule has 0 spiro atoms. The maximum Gasteiger partial charge on any atom is 0.573 e. The number of alkyl halides is 6. The highest BCUT2D eigenvalue weighted by atomic mass is 19.4. The van der Waals surface area contributed by atoms with Crippen molar-refractivity contribution in [3.8, 4) is 34.0 Å². The molecule has 75 heavy (non-hydrogen) atoms. The van der Waals surface area contributed by atoms with Crippen molar-refractivity contribution >= 4 is 55.5 Å². The number of carboxylic acid groups (broad SMARTS) is 1. The van der Waals surface area contributed by atoms with Gasteiger partial charge in [0.25, 0.3) is 5.91 Å². The minimum absolute atomic E-state index is 0.0273. The van der Waals surface area contributed by atoms with E-state index in [2.05, 4.69) is 40.8 Å². The second kappa shape index (κ2) is 23.0. The Balaban J connectivity index is 0.000000167. The van der Waals surface area contributed by atoms with Crippen LogP contribution in [0.3, 0.4) is 0 Å². The van der Waals surface area contributed by atoms with Gasteiger partial charge in [0, 0.05) is 62.1 Å². The van der Waals surface area contributed by atoms with Crippen LogP contribution in [-0.2, 0) is 12.8 Å². The van der Waals surface area contributed by atoms with Crippen LogP contribution < -0.4 is 20.5 Å². The minimum Gasteiger partial charge on any atom is -0.478 e. The number of rotatable bonds is 13. The fourth-order valence-electron chi connectivity index (χ4n) is 8.30. The SMILES string of the molecule is N[C@@H](CO)Cc1c[nH]c2ccccc12.O=C(N[C@@H](CO)Cc1c[nH]c2ccccc12)c1cc(-c2ccc(OC(F)(F)F)cc2)nc2ccccc12.O=C(O)c1cc(-c2ccc(OC(F)(F)F)cc2)nc2ccccc12. The summed E-state index contributed by atoms with van der Waals surface area (Å²) in [7, 11) is 0. The van der Waals surface area contributed by atoms with Gasteiger partial charge in [-0.15, -0.1) is 26.3 Å². The Morgan fingerprint density at radius 1 is 0.560 bits per heavy atom. The number of aromatic nitrogens is 4. The molecule has 10 aromatic rings. The maximum atomic E-state index is 13.4. The Morgan fingerprint density at radius 2 is 0.973 bits per heavy atom. The molecule has 0 aliphatic heterocycles. The topological polar surface area (TPSA) is 209 Å². The fourth-order valence-corrected chi connectivity index (χ4v) is 8.30. The molecule has 10 rings (SSSR count). The number of carbonyl (C=O) groups is 2. The summed E-state index contributed by atoms with van der Waals surface area (Å²) in [4.78, 5) is 40.2.